The van der Waals surface area contributed by atoms with Crippen molar-refractivity contribution in [3.63, 3.8) is 0 Å². The fourth-order valence-corrected chi connectivity index (χ4v) is 3.12. The van der Waals surface area contributed by atoms with Gasteiger partial charge >= 0.3 is 0 Å². The summed E-state index contributed by atoms with van der Waals surface area (Å²) in [6.07, 6.45) is 0. The molecule has 2 heterocycles. The van der Waals surface area contributed by atoms with E-state index in [9.17, 15) is 0 Å². The Bertz CT molecular complexity index is 558. The van der Waals surface area contributed by atoms with Gasteiger partial charge in [0.15, 0.2) is 5.76 Å². The summed E-state index contributed by atoms with van der Waals surface area (Å²) >= 11 is 0. The molecule has 2 atom stereocenters. The Labute approximate surface area is 131 Å². The van der Waals surface area contributed by atoms with Crippen molar-refractivity contribution in [1.29, 1.82) is 0 Å². The molecular weight excluding hydrogens is 286 g/mol. The van der Waals surface area contributed by atoms with Crippen LogP contribution in [0, 0.1) is 12.8 Å². The van der Waals surface area contributed by atoms with Gasteiger partial charge < -0.3 is 10.3 Å². The lowest BCUT2D eigenvalue weighted by molar-refractivity contribution is 0.265. The summed E-state index contributed by atoms with van der Waals surface area (Å²) in [6, 6.07) is 12.7. The van der Waals surface area contributed by atoms with Crippen molar-refractivity contribution in [3.05, 3.63) is 53.4 Å². The van der Waals surface area contributed by atoms with Crippen molar-refractivity contribution < 1.29 is 4.52 Å². The van der Waals surface area contributed by atoms with Crippen molar-refractivity contribution in [3.8, 4) is 0 Å². The predicted octanol–water partition coefficient (Wildman–Crippen LogP) is 2.58. The quantitative estimate of drug-likeness (QED) is 0.943. The first-order valence-corrected chi connectivity index (χ1v) is 7.16. The highest BCUT2D eigenvalue weighted by Crippen LogP contribution is 2.32. The first kappa shape index (κ1) is 16.0. The third-order valence-electron chi connectivity index (χ3n) is 4.10. The predicted molar refractivity (Wildman–Crippen MR) is 85.5 cm³/mol. The maximum atomic E-state index is 5.96. The van der Waals surface area contributed by atoms with E-state index in [0.717, 1.165) is 37.6 Å². The molecule has 0 amide bonds. The van der Waals surface area contributed by atoms with Crippen molar-refractivity contribution in [1.82, 2.24) is 10.1 Å². The normalized spacial score (nSPS) is 22.2. The van der Waals surface area contributed by atoms with Crippen LogP contribution in [0.4, 0.5) is 0 Å². The molecule has 2 aromatic rings. The summed E-state index contributed by atoms with van der Waals surface area (Å²) in [4.78, 5) is 2.41. The zero-order valence-corrected chi connectivity index (χ0v) is 13.1. The Morgan fingerprint density at radius 2 is 2.05 bits per heavy atom. The number of halogens is 1. The van der Waals surface area contributed by atoms with Crippen LogP contribution >= 0.6 is 12.4 Å². The number of aromatic nitrogens is 1. The second kappa shape index (κ2) is 7.07. The van der Waals surface area contributed by atoms with E-state index in [-0.39, 0.29) is 12.4 Å². The highest BCUT2D eigenvalue weighted by Gasteiger charge is 2.33. The Hall–Kier alpha value is -1.36. The Morgan fingerprint density at radius 1 is 1.29 bits per heavy atom. The fourth-order valence-electron chi connectivity index (χ4n) is 3.12. The number of benzene rings is 1. The molecule has 3 rings (SSSR count). The van der Waals surface area contributed by atoms with Gasteiger partial charge in [0.2, 0.25) is 0 Å². The molecule has 1 aromatic carbocycles. The third kappa shape index (κ3) is 3.64. The van der Waals surface area contributed by atoms with Crippen LogP contribution in [-0.4, -0.2) is 29.7 Å². The number of hydrogen-bond acceptors (Lipinski definition) is 4. The van der Waals surface area contributed by atoms with Gasteiger partial charge in [-0.2, -0.15) is 0 Å². The summed E-state index contributed by atoms with van der Waals surface area (Å²) in [5.41, 5.74) is 8.29. The minimum atomic E-state index is 0. The van der Waals surface area contributed by atoms with Gasteiger partial charge in [-0.1, -0.05) is 35.5 Å². The van der Waals surface area contributed by atoms with E-state index in [0.29, 0.717) is 11.8 Å². The zero-order chi connectivity index (χ0) is 13.9. The van der Waals surface area contributed by atoms with Gasteiger partial charge in [0, 0.05) is 25.1 Å². The first-order chi connectivity index (χ1) is 9.76. The lowest BCUT2D eigenvalue weighted by Gasteiger charge is -2.16. The Kier molecular flexibility index (Phi) is 5.39. The van der Waals surface area contributed by atoms with Gasteiger partial charge in [-0.3, -0.25) is 4.90 Å². The monoisotopic (exact) mass is 307 g/mol. The average molecular weight is 308 g/mol. The number of rotatable bonds is 4. The number of nitrogens with zero attached hydrogens (tertiary/aromatic N) is 2. The summed E-state index contributed by atoms with van der Waals surface area (Å²) < 4.78 is 5.31. The van der Waals surface area contributed by atoms with Crippen LogP contribution in [0.2, 0.25) is 0 Å². The van der Waals surface area contributed by atoms with Crippen LogP contribution in [0.15, 0.2) is 40.9 Å². The molecule has 0 radical (unpaired) electrons. The number of hydrogen-bond donors (Lipinski definition) is 1. The maximum Gasteiger partial charge on any atom is 0.150 e. The smallest absolute Gasteiger partial charge is 0.150 e. The minimum absolute atomic E-state index is 0. The highest BCUT2D eigenvalue weighted by atomic mass is 35.5. The van der Waals surface area contributed by atoms with Gasteiger partial charge in [0.05, 0.1) is 12.2 Å². The van der Waals surface area contributed by atoms with Crippen LogP contribution in [0.1, 0.15) is 22.9 Å². The molecule has 1 aromatic heterocycles. The van der Waals surface area contributed by atoms with E-state index >= 15 is 0 Å². The van der Waals surface area contributed by atoms with Crippen LogP contribution in [0.25, 0.3) is 0 Å². The fraction of sp³-hybridized carbons (Fsp3) is 0.438. The first-order valence-electron chi connectivity index (χ1n) is 7.16. The molecule has 0 spiro atoms. The van der Waals surface area contributed by atoms with Crippen LogP contribution < -0.4 is 5.73 Å². The third-order valence-corrected chi connectivity index (χ3v) is 4.10. The lowest BCUT2D eigenvalue weighted by atomic mass is 9.89. The molecule has 114 valence electrons. The van der Waals surface area contributed by atoms with Crippen molar-refractivity contribution in [2.45, 2.75) is 19.4 Å². The van der Waals surface area contributed by atoms with Gasteiger partial charge in [-0.05, 0) is 24.9 Å². The molecule has 1 aliphatic heterocycles. The van der Waals surface area contributed by atoms with Crippen molar-refractivity contribution in [2.24, 2.45) is 11.7 Å². The molecule has 0 aliphatic carbocycles. The van der Waals surface area contributed by atoms with Crippen LogP contribution in [-0.2, 0) is 6.54 Å². The molecule has 1 saturated heterocycles. The van der Waals surface area contributed by atoms with Crippen molar-refractivity contribution >= 4 is 12.4 Å². The molecule has 0 bridgehead atoms. The maximum absolute atomic E-state index is 5.96. The topological polar surface area (TPSA) is 55.3 Å². The van der Waals surface area contributed by atoms with Crippen molar-refractivity contribution in [2.75, 3.05) is 19.6 Å². The number of likely N-dealkylation sites (tertiary alicyclic amines) is 1. The second-order valence-electron chi connectivity index (χ2n) is 5.64. The summed E-state index contributed by atoms with van der Waals surface area (Å²) in [6.45, 7) is 5.56. The van der Waals surface area contributed by atoms with Crippen LogP contribution in [0.3, 0.4) is 0 Å². The average Bonchev–Trinajstić information content (AvgIpc) is 3.06. The number of aryl methyl sites for hydroxylation is 1. The van der Waals surface area contributed by atoms with E-state index in [4.69, 9.17) is 10.3 Å². The van der Waals surface area contributed by atoms with Gasteiger partial charge in [-0.15, -0.1) is 12.4 Å². The largest absolute Gasteiger partial charge is 0.360 e. The van der Waals surface area contributed by atoms with E-state index in [1.165, 1.54) is 5.56 Å². The SMILES string of the molecule is Cc1cc(CN2C[C@@H](CN)[C@H](c3ccccc3)C2)on1.Cl. The molecule has 0 unspecified atom stereocenters. The van der Waals surface area contributed by atoms with E-state index in [1.807, 2.05) is 13.0 Å². The van der Waals surface area contributed by atoms with Gasteiger partial charge in [0.25, 0.3) is 0 Å². The minimum Gasteiger partial charge on any atom is -0.360 e. The van der Waals surface area contributed by atoms with Gasteiger partial charge in [0.1, 0.15) is 0 Å². The summed E-state index contributed by atoms with van der Waals surface area (Å²) in [7, 11) is 0. The van der Waals surface area contributed by atoms with Crippen LogP contribution in [0.5, 0.6) is 0 Å². The Balaban J connectivity index is 0.00000161. The Morgan fingerprint density at radius 3 is 2.67 bits per heavy atom. The molecule has 4 nitrogen and oxygen atoms in total. The van der Waals surface area contributed by atoms with E-state index < -0.39 is 0 Å². The standard InChI is InChI=1S/C16H21N3O.ClH/c1-12-7-15(20-18-12)10-19-9-14(8-17)16(11-19)13-5-3-2-4-6-13;/h2-7,14,16H,8-11,17H2,1H3;1H/t14-,16+;/m1./s1. The van der Waals surface area contributed by atoms with E-state index in [2.05, 4.69) is 40.4 Å². The van der Waals surface area contributed by atoms with Gasteiger partial charge in [-0.25, -0.2) is 0 Å². The molecule has 21 heavy (non-hydrogen) atoms. The molecule has 5 heteroatoms. The molecular formula is C16H22ClN3O. The summed E-state index contributed by atoms with van der Waals surface area (Å²) in [5, 5.41) is 3.95. The highest BCUT2D eigenvalue weighted by molar-refractivity contribution is 5.85. The lowest BCUT2D eigenvalue weighted by Crippen LogP contribution is -2.23. The van der Waals surface area contributed by atoms with E-state index in [1.54, 1.807) is 0 Å². The summed E-state index contributed by atoms with van der Waals surface area (Å²) in [5.74, 6) is 1.97. The zero-order valence-electron chi connectivity index (χ0n) is 12.2. The molecule has 1 fully saturated rings. The molecule has 1 aliphatic rings. The second-order valence-corrected chi connectivity index (χ2v) is 5.64. The molecule has 0 saturated carbocycles. The molecule has 2 N–H and O–H groups in total. The number of nitrogens with two attached hydrogens (primary N) is 1.